The molecule has 4 N–H and O–H groups in total. The zero-order valence-corrected chi connectivity index (χ0v) is 28.7. The highest BCUT2D eigenvalue weighted by Crippen LogP contribution is 2.41. The first-order valence-corrected chi connectivity index (χ1v) is 16.7. The quantitative estimate of drug-likeness (QED) is 0.113. The Morgan fingerprint density at radius 3 is 1.08 bits per heavy atom. The van der Waals surface area contributed by atoms with Crippen molar-refractivity contribution in [2.75, 3.05) is 0 Å². The summed E-state index contributed by atoms with van der Waals surface area (Å²) in [6, 6.07) is 28.0. The standard InChI is InChI=1S/C43H36O10/c1-41(2,27-9-17-31(18-10-27)52-33-21-13-29(14-22-33)42(39(48)49)25-5-3-7-35(42)37(44)45)28-11-19-32(20-12-28)53-34-23-15-30(16-24-34)43(40(50)51)26-6-4-8-36(43)38(46)47/h3-26,35-36H,1-2H3,(H,44,45)(H,46,47)(H,48,49)(H,50,51). The second-order valence-corrected chi connectivity index (χ2v) is 13.4. The molecule has 4 unspecified atom stereocenters. The summed E-state index contributed by atoms with van der Waals surface area (Å²) < 4.78 is 12.1. The second-order valence-electron chi connectivity index (χ2n) is 13.4. The lowest BCUT2D eigenvalue weighted by atomic mass is 9.68. The Morgan fingerprint density at radius 2 is 0.792 bits per heavy atom. The van der Waals surface area contributed by atoms with Crippen LogP contribution in [-0.2, 0) is 35.4 Å². The maximum Gasteiger partial charge on any atom is 0.319 e. The number of hydrogen-bond acceptors (Lipinski definition) is 6. The molecule has 4 atom stereocenters. The van der Waals surface area contributed by atoms with Crippen LogP contribution in [0.15, 0.2) is 146 Å². The summed E-state index contributed by atoms with van der Waals surface area (Å²) in [4.78, 5) is 48.6. The first kappa shape index (κ1) is 36.1. The van der Waals surface area contributed by atoms with Gasteiger partial charge in [0.15, 0.2) is 0 Å². The van der Waals surface area contributed by atoms with Gasteiger partial charge in [0.1, 0.15) is 33.8 Å². The summed E-state index contributed by atoms with van der Waals surface area (Å²) in [5, 5.41) is 39.6. The average molecular weight is 713 g/mol. The number of ether oxygens (including phenoxy) is 2. The Kier molecular flexibility index (Phi) is 9.64. The third kappa shape index (κ3) is 6.62. The summed E-state index contributed by atoms with van der Waals surface area (Å²) in [5.41, 5.74) is -1.20. The van der Waals surface area contributed by atoms with E-state index in [-0.39, 0.29) is 0 Å². The normalized spacial score (nSPS) is 21.8. The van der Waals surface area contributed by atoms with E-state index in [0.29, 0.717) is 34.1 Å². The van der Waals surface area contributed by atoms with E-state index in [1.165, 1.54) is 36.5 Å². The molecule has 0 amide bonds. The Balaban J connectivity index is 1.12. The van der Waals surface area contributed by atoms with Crippen molar-refractivity contribution in [3.8, 4) is 23.0 Å². The molecular formula is C43H36O10. The molecule has 0 saturated carbocycles. The number of aliphatic carboxylic acids is 4. The lowest BCUT2D eigenvalue weighted by molar-refractivity contribution is -0.152. The van der Waals surface area contributed by atoms with Crippen molar-refractivity contribution >= 4 is 23.9 Å². The predicted octanol–water partition coefficient (Wildman–Crippen LogP) is 7.90. The van der Waals surface area contributed by atoms with Crippen LogP contribution >= 0.6 is 0 Å². The minimum atomic E-state index is -1.74. The number of carboxylic acid groups (broad SMARTS) is 4. The van der Waals surface area contributed by atoms with Gasteiger partial charge in [-0.2, -0.15) is 0 Å². The molecule has 0 heterocycles. The van der Waals surface area contributed by atoms with E-state index in [9.17, 15) is 39.6 Å². The summed E-state index contributed by atoms with van der Waals surface area (Å²) in [7, 11) is 0. The smallest absolute Gasteiger partial charge is 0.319 e. The molecule has 6 rings (SSSR count). The fourth-order valence-corrected chi connectivity index (χ4v) is 6.95. The Morgan fingerprint density at radius 1 is 0.491 bits per heavy atom. The zero-order chi connectivity index (χ0) is 38.0. The second kappa shape index (κ2) is 14.1. The van der Waals surface area contributed by atoms with Gasteiger partial charge in [-0.25, -0.2) is 0 Å². The van der Waals surface area contributed by atoms with Crippen LogP contribution in [0, 0.1) is 11.8 Å². The van der Waals surface area contributed by atoms with Crippen LogP contribution in [0.25, 0.3) is 0 Å². The minimum absolute atomic E-state index is 0.325. The molecule has 4 aromatic carbocycles. The number of benzene rings is 4. The van der Waals surface area contributed by atoms with Crippen LogP contribution in [0.4, 0.5) is 0 Å². The van der Waals surface area contributed by atoms with Crippen molar-refractivity contribution in [1.29, 1.82) is 0 Å². The Bertz CT molecular complexity index is 2000. The third-order valence-electron chi connectivity index (χ3n) is 10.1. The molecule has 0 spiro atoms. The van der Waals surface area contributed by atoms with Crippen LogP contribution in [0.2, 0.25) is 0 Å². The molecule has 0 fully saturated rings. The Labute approximate surface area is 305 Å². The van der Waals surface area contributed by atoms with Gasteiger partial charge in [-0.15, -0.1) is 0 Å². The fourth-order valence-electron chi connectivity index (χ4n) is 6.95. The summed E-state index contributed by atoms with van der Waals surface area (Å²) in [5.74, 6) is -5.45. The fraction of sp³-hybridized carbons (Fsp3) is 0.163. The van der Waals surface area contributed by atoms with Crippen molar-refractivity contribution < 1.29 is 49.1 Å². The molecule has 10 heteroatoms. The van der Waals surface area contributed by atoms with Crippen LogP contribution in [0.1, 0.15) is 36.1 Å². The zero-order valence-electron chi connectivity index (χ0n) is 28.7. The number of rotatable bonds is 12. The van der Waals surface area contributed by atoms with Gasteiger partial charge in [-0.05, 0) is 70.8 Å². The number of carbonyl (C=O) groups is 4. The van der Waals surface area contributed by atoms with Gasteiger partial charge in [0.2, 0.25) is 0 Å². The van der Waals surface area contributed by atoms with Crippen molar-refractivity contribution in [2.45, 2.75) is 30.1 Å². The van der Waals surface area contributed by atoms with Gasteiger partial charge in [0.25, 0.3) is 0 Å². The average Bonchev–Trinajstić information content (AvgIpc) is 3.15. The SMILES string of the molecule is CC(C)(c1ccc(Oc2ccc(C3(C(=O)O)C=CC=CC3C(=O)O)cc2)cc1)c1ccc(Oc2ccc(C3(C(=O)O)C=CC=CC3C(=O)O)cc2)cc1. The maximum atomic E-state index is 12.4. The van der Waals surface area contributed by atoms with Crippen molar-refractivity contribution in [3.05, 3.63) is 168 Å². The topological polar surface area (TPSA) is 168 Å². The molecule has 0 radical (unpaired) electrons. The van der Waals surface area contributed by atoms with Gasteiger partial charge in [-0.1, -0.05) is 111 Å². The Hall–Kier alpha value is -6.68. The van der Waals surface area contributed by atoms with E-state index >= 15 is 0 Å². The minimum Gasteiger partial charge on any atom is -0.481 e. The van der Waals surface area contributed by atoms with Crippen LogP contribution < -0.4 is 9.47 Å². The van der Waals surface area contributed by atoms with E-state index < -0.39 is 52.0 Å². The van der Waals surface area contributed by atoms with Crippen molar-refractivity contribution in [3.63, 3.8) is 0 Å². The van der Waals surface area contributed by atoms with E-state index in [1.807, 2.05) is 48.5 Å². The molecule has 0 aliphatic heterocycles. The summed E-state index contributed by atoms with van der Waals surface area (Å²) in [6.45, 7) is 4.18. The first-order valence-electron chi connectivity index (χ1n) is 16.7. The highest BCUT2D eigenvalue weighted by atomic mass is 16.5. The van der Waals surface area contributed by atoms with Crippen LogP contribution in [0.3, 0.4) is 0 Å². The summed E-state index contributed by atoms with van der Waals surface area (Å²) >= 11 is 0. The highest BCUT2D eigenvalue weighted by molar-refractivity contribution is 5.93. The molecule has 2 aliphatic rings. The first-order chi connectivity index (χ1) is 25.3. The molecule has 0 saturated heterocycles. The van der Waals surface area contributed by atoms with Crippen molar-refractivity contribution in [1.82, 2.24) is 0 Å². The van der Waals surface area contributed by atoms with E-state index in [0.717, 1.165) is 11.1 Å². The lowest BCUT2D eigenvalue weighted by Crippen LogP contribution is -2.45. The molecule has 0 bridgehead atoms. The molecular weight excluding hydrogens is 676 g/mol. The maximum absolute atomic E-state index is 12.4. The molecule has 10 nitrogen and oxygen atoms in total. The lowest BCUT2D eigenvalue weighted by Gasteiger charge is -2.32. The number of hydrogen-bond donors (Lipinski definition) is 4. The summed E-state index contributed by atoms with van der Waals surface area (Å²) in [6.07, 6.45) is 11.7. The van der Waals surface area contributed by atoms with Crippen LogP contribution in [0.5, 0.6) is 23.0 Å². The predicted molar refractivity (Wildman–Crippen MR) is 195 cm³/mol. The van der Waals surface area contributed by atoms with Gasteiger partial charge in [0.05, 0.1) is 11.8 Å². The van der Waals surface area contributed by atoms with E-state index in [2.05, 4.69) is 13.8 Å². The monoisotopic (exact) mass is 712 g/mol. The van der Waals surface area contributed by atoms with E-state index in [4.69, 9.17) is 9.47 Å². The molecule has 268 valence electrons. The van der Waals surface area contributed by atoms with Gasteiger partial charge >= 0.3 is 23.9 Å². The number of allylic oxidation sites excluding steroid dienone is 4. The van der Waals surface area contributed by atoms with Crippen molar-refractivity contribution in [2.24, 2.45) is 11.8 Å². The molecule has 0 aromatic heterocycles. The van der Waals surface area contributed by atoms with Gasteiger partial charge in [-0.3, -0.25) is 19.2 Å². The molecule has 2 aliphatic carbocycles. The molecule has 4 aromatic rings. The third-order valence-corrected chi connectivity index (χ3v) is 10.1. The number of carboxylic acids is 4. The van der Waals surface area contributed by atoms with E-state index in [1.54, 1.807) is 60.7 Å². The largest absolute Gasteiger partial charge is 0.481 e. The highest BCUT2D eigenvalue weighted by Gasteiger charge is 2.50. The van der Waals surface area contributed by atoms with Crippen LogP contribution in [-0.4, -0.2) is 44.3 Å². The molecule has 53 heavy (non-hydrogen) atoms. The van der Waals surface area contributed by atoms with Gasteiger partial charge in [0, 0.05) is 5.41 Å². The van der Waals surface area contributed by atoms with Gasteiger partial charge < -0.3 is 29.9 Å².